The molecule has 0 saturated carbocycles. The summed E-state index contributed by atoms with van der Waals surface area (Å²) in [7, 11) is 0. The lowest BCUT2D eigenvalue weighted by molar-refractivity contribution is 0.0995. The molecule has 7 heteroatoms. The second-order valence-corrected chi connectivity index (χ2v) is 5.84. The summed E-state index contributed by atoms with van der Waals surface area (Å²) in [4.78, 5) is 16.5. The third-order valence-corrected chi connectivity index (χ3v) is 4.03. The number of hydrogen-bond donors (Lipinski definition) is 2. The number of carbonyl (C=O) groups is 1. The molecule has 1 amide bonds. The minimum atomic E-state index is -0.368. The van der Waals surface area contributed by atoms with Crippen LogP contribution in [-0.4, -0.2) is 26.7 Å². The fourth-order valence-electron chi connectivity index (χ4n) is 2.93. The molecule has 0 bridgehead atoms. The van der Waals surface area contributed by atoms with Crippen molar-refractivity contribution in [3.63, 3.8) is 0 Å². The Hall–Kier alpha value is -3.09. The molecule has 0 aliphatic carbocycles. The van der Waals surface area contributed by atoms with Crippen LogP contribution < -0.4 is 10.6 Å². The molecular formula is C17H17N5O2. The highest BCUT2D eigenvalue weighted by molar-refractivity contribution is 6.01. The highest BCUT2D eigenvalue weighted by Crippen LogP contribution is 2.31. The van der Waals surface area contributed by atoms with Crippen LogP contribution in [0.4, 0.5) is 11.9 Å². The minimum absolute atomic E-state index is 0.0826. The van der Waals surface area contributed by atoms with Crippen molar-refractivity contribution < 1.29 is 9.21 Å². The summed E-state index contributed by atoms with van der Waals surface area (Å²) in [5, 5.41) is 10.4. The first-order chi connectivity index (χ1) is 11.7. The minimum Gasteiger partial charge on any atom is -0.459 e. The molecule has 4 rings (SSSR count). The van der Waals surface area contributed by atoms with Gasteiger partial charge >= 0.3 is 0 Å². The van der Waals surface area contributed by atoms with Crippen LogP contribution in [-0.2, 0) is 0 Å². The van der Waals surface area contributed by atoms with Crippen molar-refractivity contribution >= 4 is 17.8 Å². The summed E-state index contributed by atoms with van der Waals surface area (Å²) in [6, 6.07) is 13.8. The molecule has 3 heterocycles. The van der Waals surface area contributed by atoms with E-state index in [9.17, 15) is 4.79 Å². The number of nitrogens with zero attached hydrogens (tertiary/aromatic N) is 3. The van der Waals surface area contributed by atoms with Crippen molar-refractivity contribution in [1.29, 1.82) is 0 Å². The van der Waals surface area contributed by atoms with Gasteiger partial charge in [0.2, 0.25) is 5.95 Å². The molecule has 2 aromatic heterocycles. The average molecular weight is 323 g/mol. The van der Waals surface area contributed by atoms with E-state index in [1.54, 1.807) is 12.1 Å². The standard InChI is InChI=1S/C17H17N5O2/c1-11-10-13(12-6-3-2-4-7-12)22-17(18-11)20-16(21-22)19-15(23)14-8-5-9-24-14/h2-9,11,13H,10H2,1H3,(H2,18,19,20,21,23)/t11-,13-/m1/s1. The number of benzene rings is 1. The Morgan fingerprint density at radius 3 is 2.88 bits per heavy atom. The van der Waals surface area contributed by atoms with Gasteiger partial charge in [0.05, 0.1) is 12.3 Å². The Morgan fingerprint density at radius 2 is 2.12 bits per heavy atom. The Bertz CT molecular complexity index is 841. The molecule has 1 aliphatic rings. The van der Waals surface area contributed by atoms with Gasteiger partial charge in [-0.05, 0) is 31.0 Å². The monoisotopic (exact) mass is 323 g/mol. The van der Waals surface area contributed by atoms with E-state index in [4.69, 9.17) is 4.42 Å². The largest absolute Gasteiger partial charge is 0.459 e. The molecule has 0 radical (unpaired) electrons. The van der Waals surface area contributed by atoms with Crippen LogP contribution in [0, 0.1) is 0 Å². The van der Waals surface area contributed by atoms with E-state index in [-0.39, 0.29) is 29.7 Å². The molecule has 7 nitrogen and oxygen atoms in total. The van der Waals surface area contributed by atoms with Crippen LogP contribution in [0.5, 0.6) is 0 Å². The van der Waals surface area contributed by atoms with Gasteiger partial charge in [0.15, 0.2) is 5.76 Å². The summed E-state index contributed by atoms with van der Waals surface area (Å²) in [6.07, 6.45) is 2.35. The van der Waals surface area contributed by atoms with E-state index in [2.05, 4.69) is 39.8 Å². The third kappa shape index (κ3) is 2.64. The van der Waals surface area contributed by atoms with Gasteiger partial charge in [-0.1, -0.05) is 30.3 Å². The van der Waals surface area contributed by atoms with Crippen molar-refractivity contribution in [3.05, 3.63) is 60.1 Å². The number of nitrogens with one attached hydrogen (secondary N) is 2. The van der Waals surface area contributed by atoms with E-state index in [0.717, 1.165) is 6.42 Å². The van der Waals surface area contributed by atoms with Gasteiger partial charge in [-0.3, -0.25) is 10.1 Å². The number of hydrogen-bond acceptors (Lipinski definition) is 5. The molecule has 2 N–H and O–H groups in total. The molecule has 24 heavy (non-hydrogen) atoms. The third-order valence-electron chi connectivity index (χ3n) is 4.03. The lowest BCUT2D eigenvalue weighted by atomic mass is 9.99. The Balaban J connectivity index is 1.63. The molecule has 3 aromatic rings. The topological polar surface area (TPSA) is 85.0 Å². The average Bonchev–Trinajstić information content (AvgIpc) is 3.24. The molecule has 0 saturated heterocycles. The number of rotatable bonds is 3. The second-order valence-electron chi connectivity index (χ2n) is 5.84. The van der Waals surface area contributed by atoms with E-state index in [0.29, 0.717) is 5.95 Å². The number of fused-ring (bicyclic) bond motifs is 1. The molecule has 1 aliphatic heterocycles. The van der Waals surface area contributed by atoms with Gasteiger partial charge in [0.25, 0.3) is 11.9 Å². The Kier molecular flexibility index (Phi) is 3.53. The molecule has 0 fully saturated rings. The van der Waals surface area contributed by atoms with E-state index in [1.807, 2.05) is 22.9 Å². The van der Waals surface area contributed by atoms with Crippen LogP contribution in [0.2, 0.25) is 0 Å². The summed E-state index contributed by atoms with van der Waals surface area (Å²) < 4.78 is 6.91. The molecular weight excluding hydrogens is 306 g/mol. The summed E-state index contributed by atoms with van der Waals surface area (Å²) >= 11 is 0. The molecule has 2 atom stereocenters. The molecule has 1 aromatic carbocycles. The smallest absolute Gasteiger partial charge is 0.293 e. The summed E-state index contributed by atoms with van der Waals surface area (Å²) in [5.74, 6) is 0.766. The summed E-state index contributed by atoms with van der Waals surface area (Å²) in [5.41, 5.74) is 1.17. The van der Waals surface area contributed by atoms with Gasteiger partial charge in [0, 0.05) is 6.04 Å². The van der Waals surface area contributed by atoms with Gasteiger partial charge in [-0.15, -0.1) is 5.10 Å². The maximum absolute atomic E-state index is 12.1. The summed E-state index contributed by atoms with van der Waals surface area (Å²) in [6.45, 7) is 2.11. The lowest BCUT2D eigenvalue weighted by Gasteiger charge is -2.29. The first-order valence-electron chi connectivity index (χ1n) is 7.83. The van der Waals surface area contributed by atoms with Crippen molar-refractivity contribution in [2.75, 3.05) is 10.6 Å². The zero-order valence-corrected chi connectivity index (χ0v) is 13.1. The SMILES string of the molecule is C[C@@H]1C[C@H](c2ccccc2)n2nc(NC(=O)c3ccco3)nc2N1. The van der Waals surface area contributed by atoms with Gasteiger partial charge in [-0.25, -0.2) is 4.68 Å². The highest BCUT2D eigenvalue weighted by Gasteiger charge is 2.28. The van der Waals surface area contributed by atoms with Crippen LogP contribution >= 0.6 is 0 Å². The zero-order chi connectivity index (χ0) is 16.5. The van der Waals surface area contributed by atoms with Gasteiger partial charge < -0.3 is 9.73 Å². The number of amides is 1. The quantitative estimate of drug-likeness (QED) is 0.774. The zero-order valence-electron chi connectivity index (χ0n) is 13.1. The van der Waals surface area contributed by atoms with Crippen molar-refractivity contribution in [2.24, 2.45) is 0 Å². The van der Waals surface area contributed by atoms with E-state index < -0.39 is 0 Å². The van der Waals surface area contributed by atoms with Crippen LogP contribution in [0.25, 0.3) is 0 Å². The maximum Gasteiger partial charge on any atom is 0.293 e. The van der Waals surface area contributed by atoms with Crippen LogP contribution in [0.3, 0.4) is 0 Å². The van der Waals surface area contributed by atoms with Crippen LogP contribution in [0.1, 0.15) is 35.5 Å². The molecule has 0 unspecified atom stereocenters. The number of carbonyl (C=O) groups excluding carboxylic acids is 1. The predicted octanol–water partition coefficient (Wildman–Crippen LogP) is 2.92. The fourth-order valence-corrected chi connectivity index (χ4v) is 2.93. The van der Waals surface area contributed by atoms with E-state index in [1.165, 1.54) is 11.8 Å². The highest BCUT2D eigenvalue weighted by atomic mass is 16.3. The molecule has 122 valence electrons. The van der Waals surface area contributed by atoms with Crippen molar-refractivity contribution in [3.8, 4) is 0 Å². The lowest BCUT2D eigenvalue weighted by Crippen LogP contribution is -2.31. The first-order valence-corrected chi connectivity index (χ1v) is 7.83. The Morgan fingerprint density at radius 1 is 1.29 bits per heavy atom. The van der Waals surface area contributed by atoms with Crippen molar-refractivity contribution in [2.45, 2.75) is 25.4 Å². The Labute approximate surface area is 138 Å². The second kappa shape index (κ2) is 5.84. The van der Waals surface area contributed by atoms with E-state index >= 15 is 0 Å². The van der Waals surface area contributed by atoms with Gasteiger partial charge in [0.1, 0.15) is 0 Å². The number of aromatic nitrogens is 3. The predicted molar refractivity (Wildman–Crippen MR) is 89.0 cm³/mol. The first kappa shape index (κ1) is 14.5. The van der Waals surface area contributed by atoms with Crippen LogP contribution in [0.15, 0.2) is 53.1 Å². The number of furan rings is 1. The fraction of sp³-hybridized carbons (Fsp3) is 0.235. The van der Waals surface area contributed by atoms with Gasteiger partial charge in [-0.2, -0.15) is 4.98 Å². The normalized spacial score (nSPS) is 19.4. The molecule has 0 spiro atoms. The maximum atomic E-state index is 12.1. The number of anilines is 2. The van der Waals surface area contributed by atoms with Crippen molar-refractivity contribution in [1.82, 2.24) is 14.8 Å².